The zero-order valence-corrected chi connectivity index (χ0v) is 17.6. The fraction of sp³-hybridized carbons (Fsp3) is 0.812. The van der Waals surface area contributed by atoms with Crippen LogP contribution in [0.2, 0.25) is 0 Å². The molecule has 1 amide bonds. The Bertz CT molecular complexity index is 524. The van der Waals surface area contributed by atoms with Crippen LogP contribution < -0.4 is 5.32 Å². The normalized spacial score (nSPS) is 17.2. The van der Waals surface area contributed by atoms with E-state index >= 15 is 0 Å². The summed E-state index contributed by atoms with van der Waals surface area (Å²) in [4.78, 5) is 20.9. The fourth-order valence-corrected chi connectivity index (χ4v) is 2.84. The third-order valence-electron chi connectivity index (χ3n) is 4.24. The van der Waals surface area contributed by atoms with E-state index in [1.165, 1.54) is 0 Å². The molecular weight excluding hydrogens is 381 g/mol. The number of carbonyl (C=O) groups is 1. The molecule has 2 atom stereocenters. The van der Waals surface area contributed by atoms with Gasteiger partial charge in [-0.15, -0.1) is 24.8 Å². The Morgan fingerprint density at radius 2 is 1.92 bits per heavy atom. The predicted octanol–water partition coefficient (Wildman–Crippen LogP) is 1.51. The number of carbonyl (C=O) groups excluding carboxylic acids is 1. The first-order chi connectivity index (χ1) is 11.5. The van der Waals surface area contributed by atoms with Gasteiger partial charge in [-0.25, -0.2) is 0 Å². The van der Waals surface area contributed by atoms with Crippen LogP contribution in [0, 0.1) is 5.92 Å². The van der Waals surface area contributed by atoms with Gasteiger partial charge in [-0.05, 0) is 20.9 Å². The molecule has 0 saturated carbocycles. The zero-order chi connectivity index (χ0) is 17.5. The molecular formula is C16H31Cl2N5O3. The first kappa shape index (κ1) is 25.1. The van der Waals surface area contributed by atoms with Crippen LogP contribution in [0.25, 0.3) is 0 Å². The first-order valence-corrected chi connectivity index (χ1v) is 8.65. The van der Waals surface area contributed by atoms with Gasteiger partial charge in [0.05, 0.1) is 6.54 Å². The van der Waals surface area contributed by atoms with Crippen LogP contribution in [0.15, 0.2) is 4.52 Å². The van der Waals surface area contributed by atoms with Crippen molar-refractivity contribution in [2.75, 3.05) is 46.4 Å². The molecule has 10 heteroatoms. The van der Waals surface area contributed by atoms with E-state index in [9.17, 15) is 4.79 Å². The maximum Gasteiger partial charge on any atom is 0.240 e. The van der Waals surface area contributed by atoms with Crippen molar-refractivity contribution in [3.05, 3.63) is 11.7 Å². The highest BCUT2D eigenvalue weighted by molar-refractivity contribution is 5.85. The van der Waals surface area contributed by atoms with E-state index in [1.807, 2.05) is 32.7 Å². The molecule has 26 heavy (non-hydrogen) atoms. The number of piperazine rings is 1. The third kappa shape index (κ3) is 7.00. The van der Waals surface area contributed by atoms with Gasteiger partial charge >= 0.3 is 0 Å². The molecule has 0 bridgehead atoms. The largest absolute Gasteiger partial charge is 0.371 e. The lowest BCUT2D eigenvalue weighted by Gasteiger charge is -2.35. The highest BCUT2D eigenvalue weighted by Gasteiger charge is 2.25. The van der Waals surface area contributed by atoms with Gasteiger partial charge in [0.15, 0.2) is 5.82 Å². The smallest absolute Gasteiger partial charge is 0.240 e. The minimum Gasteiger partial charge on any atom is -0.371 e. The monoisotopic (exact) mass is 411 g/mol. The van der Waals surface area contributed by atoms with Gasteiger partial charge in [0.1, 0.15) is 6.10 Å². The van der Waals surface area contributed by atoms with Crippen molar-refractivity contribution in [3.8, 4) is 0 Å². The van der Waals surface area contributed by atoms with Crippen LogP contribution in [-0.2, 0) is 16.1 Å². The molecule has 1 aromatic heterocycles. The number of aromatic nitrogens is 2. The number of halogens is 2. The summed E-state index contributed by atoms with van der Waals surface area (Å²) in [6.07, 6.45) is -0.157. The Morgan fingerprint density at radius 1 is 1.27 bits per heavy atom. The molecule has 1 aliphatic rings. The van der Waals surface area contributed by atoms with Crippen LogP contribution in [0.4, 0.5) is 0 Å². The molecule has 2 rings (SSSR count). The van der Waals surface area contributed by atoms with Gasteiger partial charge in [0.2, 0.25) is 11.8 Å². The highest BCUT2D eigenvalue weighted by Crippen LogP contribution is 2.15. The van der Waals surface area contributed by atoms with Crippen LogP contribution >= 0.6 is 24.8 Å². The number of ether oxygens (including phenoxy) is 1. The van der Waals surface area contributed by atoms with Gasteiger partial charge in [0.25, 0.3) is 0 Å². The molecule has 1 saturated heterocycles. The summed E-state index contributed by atoms with van der Waals surface area (Å²) in [5.74, 6) is 1.41. The van der Waals surface area contributed by atoms with Crippen LogP contribution in [0.5, 0.6) is 0 Å². The zero-order valence-electron chi connectivity index (χ0n) is 15.9. The Labute approximate surface area is 167 Å². The Hall–Kier alpha value is -0.930. The number of rotatable bonds is 8. The van der Waals surface area contributed by atoms with E-state index in [-0.39, 0.29) is 42.7 Å². The van der Waals surface area contributed by atoms with E-state index in [4.69, 9.17) is 9.26 Å². The van der Waals surface area contributed by atoms with E-state index < -0.39 is 0 Å². The van der Waals surface area contributed by atoms with Gasteiger partial charge in [-0.2, -0.15) is 4.98 Å². The molecule has 2 unspecified atom stereocenters. The molecule has 1 aliphatic heterocycles. The minimum atomic E-state index is -0.157. The van der Waals surface area contributed by atoms with Crippen LogP contribution in [-0.4, -0.2) is 72.2 Å². The molecule has 0 radical (unpaired) electrons. The Morgan fingerprint density at radius 3 is 2.50 bits per heavy atom. The van der Waals surface area contributed by atoms with Crippen LogP contribution in [0.3, 0.4) is 0 Å². The van der Waals surface area contributed by atoms with Crippen molar-refractivity contribution in [3.63, 3.8) is 0 Å². The summed E-state index contributed by atoms with van der Waals surface area (Å²) in [7, 11) is 1.87. The number of nitrogens with one attached hydrogen (secondary N) is 1. The molecule has 1 N–H and O–H groups in total. The van der Waals surface area contributed by atoms with Gasteiger partial charge in [-0.1, -0.05) is 12.1 Å². The van der Waals surface area contributed by atoms with Crippen molar-refractivity contribution < 1.29 is 14.1 Å². The molecule has 0 spiro atoms. The molecule has 1 aromatic rings. The van der Waals surface area contributed by atoms with E-state index in [0.717, 1.165) is 26.2 Å². The van der Waals surface area contributed by atoms with E-state index in [0.29, 0.717) is 31.4 Å². The number of nitrogens with zero attached hydrogens (tertiary/aromatic N) is 4. The summed E-state index contributed by atoms with van der Waals surface area (Å²) in [5.41, 5.74) is 0. The van der Waals surface area contributed by atoms with Crippen LogP contribution in [0.1, 0.15) is 38.6 Å². The second-order valence-corrected chi connectivity index (χ2v) is 6.20. The molecule has 152 valence electrons. The summed E-state index contributed by atoms with van der Waals surface area (Å²) in [6.45, 7) is 10.9. The second kappa shape index (κ2) is 12.5. The molecule has 8 nitrogen and oxygen atoms in total. The van der Waals surface area contributed by atoms with E-state index in [1.54, 1.807) is 0 Å². The summed E-state index contributed by atoms with van der Waals surface area (Å²) in [5, 5.41) is 7.03. The van der Waals surface area contributed by atoms with Crippen molar-refractivity contribution in [1.82, 2.24) is 25.3 Å². The molecule has 1 fully saturated rings. The van der Waals surface area contributed by atoms with Gasteiger partial charge in [0, 0.05) is 45.2 Å². The van der Waals surface area contributed by atoms with Crippen molar-refractivity contribution in [2.45, 2.75) is 33.4 Å². The minimum absolute atomic E-state index is 0. The van der Waals surface area contributed by atoms with Crippen molar-refractivity contribution in [1.29, 1.82) is 0 Å². The lowest BCUT2D eigenvalue weighted by Crippen LogP contribution is -2.50. The lowest BCUT2D eigenvalue weighted by molar-refractivity contribution is -0.136. The number of hydrogen-bond acceptors (Lipinski definition) is 7. The van der Waals surface area contributed by atoms with Crippen molar-refractivity contribution >= 4 is 30.7 Å². The quantitative estimate of drug-likeness (QED) is 0.693. The average Bonchev–Trinajstić information content (AvgIpc) is 3.04. The summed E-state index contributed by atoms with van der Waals surface area (Å²) >= 11 is 0. The summed E-state index contributed by atoms with van der Waals surface area (Å²) < 4.78 is 10.8. The number of amides is 1. The Kier molecular flexibility index (Phi) is 12.0. The predicted molar refractivity (Wildman–Crippen MR) is 104 cm³/mol. The highest BCUT2D eigenvalue weighted by atomic mass is 35.5. The fourth-order valence-electron chi connectivity index (χ4n) is 2.84. The lowest BCUT2D eigenvalue weighted by atomic mass is 10.1. The van der Waals surface area contributed by atoms with Crippen molar-refractivity contribution in [2.24, 2.45) is 5.92 Å². The number of hydrogen-bond donors (Lipinski definition) is 1. The SMILES string of the molecule is CCOC(C)c1noc(CN2CCN(C(=O)C(C)CNC)CC2)n1.Cl.Cl. The van der Waals surface area contributed by atoms with Gasteiger partial charge in [-0.3, -0.25) is 9.69 Å². The second-order valence-electron chi connectivity index (χ2n) is 6.20. The first-order valence-electron chi connectivity index (χ1n) is 8.65. The van der Waals surface area contributed by atoms with E-state index in [2.05, 4.69) is 20.4 Å². The maximum atomic E-state index is 12.3. The summed E-state index contributed by atoms with van der Waals surface area (Å²) in [6, 6.07) is 0. The molecule has 2 heterocycles. The third-order valence-corrected chi connectivity index (χ3v) is 4.24. The topological polar surface area (TPSA) is 83.7 Å². The van der Waals surface area contributed by atoms with Gasteiger partial charge < -0.3 is 19.5 Å². The molecule has 0 aliphatic carbocycles. The standard InChI is InChI=1S/C16H29N5O3.2ClH/c1-5-23-13(3)15-18-14(24-19-15)11-20-6-8-21(9-7-20)16(22)12(2)10-17-4;;/h12-13,17H,5-11H2,1-4H3;2*1H. The average molecular weight is 412 g/mol. The maximum absolute atomic E-state index is 12.3. The Balaban J connectivity index is 0.00000312. The molecule has 0 aromatic carbocycles.